The van der Waals surface area contributed by atoms with Gasteiger partial charge in [-0.05, 0) is 32.6 Å². The molecule has 1 rings (SSSR count). The predicted molar refractivity (Wildman–Crippen MR) is 109 cm³/mol. The lowest BCUT2D eigenvalue weighted by atomic mass is 9.99. The Labute approximate surface area is 163 Å². The molecular weight excluding hydrogens is 419 g/mol. The van der Waals surface area contributed by atoms with Crippen molar-refractivity contribution in [3.8, 4) is 0 Å². The van der Waals surface area contributed by atoms with Gasteiger partial charge in [-0.3, -0.25) is 4.99 Å². The molecule has 0 aromatic carbocycles. The number of nitrogens with one attached hydrogen (secondary N) is 2. The first-order valence-electron chi connectivity index (χ1n) is 8.72. The van der Waals surface area contributed by atoms with E-state index in [0.717, 1.165) is 62.9 Å². The summed E-state index contributed by atoms with van der Waals surface area (Å²) in [5.41, 5.74) is 1.05. The predicted octanol–water partition coefficient (Wildman–Crippen LogP) is 3.68. The average molecular weight is 452 g/mol. The SMILES string of the molecule is CCOCCCCNC(=NC)NCc1cc(C(CC)CC)no1.I. The Bertz CT molecular complexity index is 448. The van der Waals surface area contributed by atoms with Gasteiger partial charge in [-0.2, -0.15) is 0 Å². The van der Waals surface area contributed by atoms with E-state index < -0.39 is 0 Å². The van der Waals surface area contributed by atoms with Crippen LogP contribution in [-0.4, -0.2) is 37.9 Å². The molecule has 1 aromatic rings. The van der Waals surface area contributed by atoms with Gasteiger partial charge in [0.2, 0.25) is 0 Å². The Balaban J connectivity index is 0.00000529. The summed E-state index contributed by atoms with van der Waals surface area (Å²) in [6.07, 6.45) is 4.28. The minimum absolute atomic E-state index is 0. The third kappa shape index (κ3) is 8.86. The summed E-state index contributed by atoms with van der Waals surface area (Å²) in [6.45, 7) is 9.44. The molecule has 0 bridgehead atoms. The van der Waals surface area contributed by atoms with Crippen LogP contribution in [-0.2, 0) is 11.3 Å². The molecule has 0 aliphatic rings. The van der Waals surface area contributed by atoms with Crippen molar-refractivity contribution in [2.24, 2.45) is 4.99 Å². The van der Waals surface area contributed by atoms with Crippen LogP contribution in [0.2, 0.25) is 0 Å². The van der Waals surface area contributed by atoms with Crippen molar-refractivity contribution < 1.29 is 9.26 Å². The molecule has 0 saturated carbocycles. The normalized spacial score (nSPS) is 11.5. The minimum atomic E-state index is 0. The second-order valence-corrected chi connectivity index (χ2v) is 5.49. The molecular formula is C17H33IN4O2. The van der Waals surface area contributed by atoms with Crippen LogP contribution in [0.15, 0.2) is 15.6 Å². The van der Waals surface area contributed by atoms with E-state index in [4.69, 9.17) is 9.26 Å². The van der Waals surface area contributed by atoms with E-state index in [0.29, 0.717) is 12.5 Å². The van der Waals surface area contributed by atoms with Gasteiger partial charge in [0.1, 0.15) is 0 Å². The van der Waals surface area contributed by atoms with Crippen LogP contribution in [0.3, 0.4) is 0 Å². The molecule has 6 nitrogen and oxygen atoms in total. The van der Waals surface area contributed by atoms with Gasteiger partial charge in [0.05, 0.1) is 12.2 Å². The highest BCUT2D eigenvalue weighted by atomic mass is 127. The summed E-state index contributed by atoms with van der Waals surface area (Å²) in [6, 6.07) is 2.04. The highest BCUT2D eigenvalue weighted by Crippen LogP contribution is 2.22. The maximum atomic E-state index is 5.40. The van der Waals surface area contributed by atoms with Gasteiger partial charge < -0.3 is 19.9 Å². The number of unbranched alkanes of at least 4 members (excludes halogenated alkanes) is 1. The number of halogens is 1. The first-order valence-corrected chi connectivity index (χ1v) is 8.72. The molecule has 1 aromatic heterocycles. The van der Waals surface area contributed by atoms with Crippen LogP contribution in [0.25, 0.3) is 0 Å². The number of hydrogen-bond acceptors (Lipinski definition) is 4. The number of hydrogen-bond donors (Lipinski definition) is 2. The third-order valence-electron chi connectivity index (χ3n) is 3.85. The highest BCUT2D eigenvalue weighted by molar-refractivity contribution is 14.0. The topological polar surface area (TPSA) is 71.7 Å². The fraction of sp³-hybridized carbons (Fsp3) is 0.765. The lowest BCUT2D eigenvalue weighted by Crippen LogP contribution is -2.37. The second kappa shape index (κ2) is 14.5. The van der Waals surface area contributed by atoms with Gasteiger partial charge in [0.25, 0.3) is 0 Å². The van der Waals surface area contributed by atoms with Crippen molar-refractivity contribution >= 4 is 29.9 Å². The van der Waals surface area contributed by atoms with Crippen molar-refractivity contribution in [1.82, 2.24) is 15.8 Å². The summed E-state index contributed by atoms with van der Waals surface area (Å²) in [7, 11) is 1.77. The first kappa shape index (κ1) is 23.2. The van der Waals surface area contributed by atoms with Crippen LogP contribution in [0, 0.1) is 0 Å². The van der Waals surface area contributed by atoms with Gasteiger partial charge in [0, 0.05) is 38.8 Å². The first-order chi connectivity index (χ1) is 11.2. The summed E-state index contributed by atoms with van der Waals surface area (Å²) >= 11 is 0. The van der Waals surface area contributed by atoms with Crippen molar-refractivity contribution in [3.63, 3.8) is 0 Å². The van der Waals surface area contributed by atoms with Gasteiger partial charge >= 0.3 is 0 Å². The number of aromatic nitrogens is 1. The number of aliphatic imine (C=N–C) groups is 1. The van der Waals surface area contributed by atoms with Crippen LogP contribution < -0.4 is 10.6 Å². The molecule has 0 atom stereocenters. The molecule has 2 N–H and O–H groups in total. The van der Waals surface area contributed by atoms with E-state index >= 15 is 0 Å². The van der Waals surface area contributed by atoms with Crippen molar-refractivity contribution in [3.05, 3.63) is 17.5 Å². The monoisotopic (exact) mass is 452 g/mol. The summed E-state index contributed by atoms with van der Waals surface area (Å²) in [5.74, 6) is 2.10. The number of guanidine groups is 1. The van der Waals surface area contributed by atoms with E-state index in [-0.39, 0.29) is 24.0 Å². The fourth-order valence-electron chi connectivity index (χ4n) is 2.38. The maximum absolute atomic E-state index is 5.40. The van der Waals surface area contributed by atoms with Crippen LogP contribution >= 0.6 is 24.0 Å². The van der Waals surface area contributed by atoms with E-state index in [2.05, 4.69) is 34.6 Å². The second-order valence-electron chi connectivity index (χ2n) is 5.49. The zero-order chi connectivity index (χ0) is 16.9. The van der Waals surface area contributed by atoms with Gasteiger partial charge in [-0.25, -0.2) is 0 Å². The highest BCUT2D eigenvalue weighted by Gasteiger charge is 2.13. The van der Waals surface area contributed by atoms with Gasteiger partial charge in [-0.15, -0.1) is 24.0 Å². The Morgan fingerprint density at radius 3 is 2.62 bits per heavy atom. The molecule has 0 radical (unpaired) electrons. The zero-order valence-electron chi connectivity index (χ0n) is 15.4. The fourth-order valence-corrected chi connectivity index (χ4v) is 2.38. The number of rotatable bonds is 11. The largest absolute Gasteiger partial charge is 0.382 e. The molecule has 0 aliphatic heterocycles. The van der Waals surface area contributed by atoms with Crippen molar-refractivity contribution in [1.29, 1.82) is 0 Å². The average Bonchev–Trinajstić information content (AvgIpc) is 3.03. The zero-order valence-corrected chi connectivity index (χ0v) is 17.8. The van der Waals surface area contributed by atoms with Gasteiger partial charge in [-0.1, -0.05) is 19.0 Å². The van der Waals surface area contributed by atoms with Crippen molar-refractivity contribution in [2.45, 2.75) is 58.9 Å². The third-order valence-corrected chi connectivity index (χ3v) is 3.85. The van der Waals surface area contributed by atoms with Gasteiger partial charge in [0.15, 0.2) is 11.7 Å². The minimum Gasteiger partial charge on any atom is -0.382 e. The lowest BCUT2D eigenvalue weighted by Gasteiger charge is -2.10. The summed E-state index contributed by atoms with van der Waals surface area (Å²) in [4.78, 5) is 4.21. The number of ether oxygens (including phenoxy) is 1. The Morgan fingerprint density at radius 1 is 1.25 bits per heavy atom. The Kier molecular flexibility index (Phi) is 14.0. The number of nitrogens with zero attached hydrogens (tertiary/aromatic N) is 2. The van der Waals surface area contributed by atoms with Crippen LogP contribution in [0.1, 0.15) is 63.8 Å². The molecule has 0 aliphatic carbocycles. The molecule has 1 heterocycles. The van der Waals surface area contributed by atoms with Crippen LogP contribution in [0.5, 0.6) is 0 Å². The Hall–Kier alpha value is -0.830. The van der Waals surface area contributed by atoms with E-state index in [1.807, 2.05) is 13.0 Å². The molecule has 0 unspecified atom stereocenters. The van der Waals surface area contributed by atoms with Crippen LogP contribution in [0.4, 0.5) is 0 Å². The van der Waals surface area contributed by atoms with E-state index in [1.54, 1.807) is 7.05 Å². The molecule has 7 heteroatoms. The summed E-state index contributed by atoms with van der Waals surface area (Å²) in [5, 5.41) is 10.7. The molecule has 24 heavy (non-hydrogen) atoms. The standard InChI is InChI=1S/C17H32N4O2.HI/c1-5-14(6-2)16-12-15(23-21-16)13-20-17(18-4)19-10-8-9-11-22-7-3;/h12,14H,5-11,13H2,1-4H3,(H2,18,19,20);1H. The molecule has 0 spiro atoms. The Morgan fingerprint density at radius 2 is 2.00 bits per heavy atom. The molecule has 0 saturated heterocycles. The smallest absolute Gasteiger partial charge is 0.191 e. The molecule has 0 amide bonds. The molecule has 140 valence electrons. The quantitative estimate of drug-likeness (QED) is 0.232. The van der Waals surface area contributed by atoms with Crippen molar-refractivity contribution in [2.75, 3.05) is 26.8 Å². The molecule has 0 fully saturated rings. The van der Waals surface area contributed by atoms with E-state index in [9.17, 15) is 0 Å². The lowest BCUT2D eigenvalue weighted by molar-refractivity contribution is 0.143. The maximum Gasteiger partial charge on any atom is 0.191 e. The summed E-state index contributed by atoms with van der Waals surface area (Å²) < 4.78 is 10.7. The van der Waals surface area contributed by atoms with E-state index in [1.165, 1.54) is 0 Å².